The fraction of sp³-hybridized carbons (Fsp3) is 0.545. The number of rotatable bonds is 3. The fourth-order valence-corrected chi connectivity index (χ4v) is 4.74. The first kappa shape index (κ1) is 13.8. The number of sulfone groups is 1. The number of anilines is 1. The maximum absolute atomic E-state index is 11.3. The Hall–Kier alpha value is -0.660. The minimum atomic E-state index is -2.86. The lowest BCUT2D eigenvalue weighted by atomic mass is 10.3. The zero-order valence-corrected chi connectivity index (χ0v) is 12.6. The van der Waals surface area contributed by atoms with Crippen LogP contribution < -0.4 is 10.6 Å². The standard InChI is InChI=1S/C11H16N2O2S3/c1-2-9-3-4-10(17-9)13-11(16)12-8-5-6-18(14,15)7-8/h3-4,8H,2,5-7H2,1H3,(H2,12,13,16)/t8-/m1/s1. The van der Waals surface area contributed by atoms with Crippen LogP contribution >= 0.6 is 23.6 Å². The van der Waals surface area contributed by atoms with Crippen molar-refractivity contribution in [2.75, 3.05) is 16.8 Å². The third-order valence-corrected chi connectivity index (χ3v) is 5.95. The van der Waals surface area contributed by atoms with Crippen molar-refractivity contribution in [2.45, 2.75) is 25.8 Å². The second-order valence-corrected chi connectivity index (χ2v) is 8.12. The van der Waals surface area contributed by atoms with Crippen LogP contribution in [0.2, 0.25) is 0 Å². The molecule has 1 fully saturated rings. The Labute approximate surface area is 117 Å². The number of thiophene rings is 1. The van der Waals surface area contributed by atoms with Crippen molar-refractivity contribution in [1.82, 2.24) is 5.32 Å². The van der Waals surface area contributed by atoms with Gasteiger partial charge in [0.1, 0.15) is 0 Å². The van der Waals surface area contributed by atoms with Crippen molar-refractivity contribution < 1.29 is 8.42 Å². The fourth-order valence-electron chi connectivity index (χ4n) is 1.88. The summed E-state index contributed by atoms with van der Waals surface area (Å²) in [6.45, 7) is 2.11. The molecular formula is C11H16N2O2S3. The summed E-state index contributed by atoms with van der Waals surface area (Å²) < 4.78 is 22.6. The van der Waals surface area contributed by atoms with Gasteiger partial charge in [0.2, 0.25) is 0 Å². The topological polar surface area (TPSA) is 58.2 Å². The number of hydrogen-bond acceptors (Lipinski definition) is 4. The average molecular weight is 304 g/mol. The molecule has 1 saturated heterocycles. The van der Waals surface area contributed by atoms with Crippen LogP contribution in [0.5, 0.6) is 0 Å². The molecule has 0 amide bonds. The first-order valence-electron chi connectivity index (χ1n) is 5.85. The van der Waals surface area contributed by atoms with Gasteiger partial charge < -0.3 is 10.6 Å². The molecule has 4 nitrogen and oxygen atoms in total. The molecule has 1 aromatic rings. The minimum absolute atomic E-state index is 0.0550. The largest absolute Gasteiger partial charge is 0.359 e. The monoisotopic (exact) mass is 304 g/mol. The molecule has 2 N–H and O–H groups in total. The van der Waals surface area contributed by atoms with Crippen molar-refractivity contribution in [1.29, 1.82) is 0 Å². The van der Waals surface area contributed by atoms with E-state index in [1.165, 1.54) is 4.88 Å². The van der Waals surface area contributed by atoms with Gasteiger partial charge in [0.25, 0.3) is 0 Å². The number of nitrogens with one attached hydrogen (secondary N) is 2. The smallest absolute Gasteiger partial charge is 0.171 e. The molecule has 7 heteroatoms. The molecule has 0 radical (unpaired) electrons. The Balaban J connectivity index is 1.86. The first-order valence-corrected chi connectivity index (χ1v) is 8.90. The van der Waals surface area contributed by atoms with Crippen LogP contribution in [-0.4, -0.2) is 31.1 Å². The van der Waals surface area contributed by atoms with Gasteiger partial charge >= 0.3 is 0 Å². The lowest BCUT2D eigenvalue weighted by Gasteiger charge is -2.13. The Morgan fingerprint density at radius 2 is 2.33 bits per heavy atom. The summed E-state index contributed by atoms with van der Waals surface area (Å²) in [5.74, 6) is 0.436. The van der Waals surface area contributed by atoms with Gasteiger partial charge in [-0.2, -0.15) is 0 Å². The van der Waals surface area contributed by atoms with E-state index >= 15 is 0 Å². The third-order valence-electron chi connectivity index (χ3n) is 2.81. The average Bonchev–Trinajstić information content (AvgIpc) is 2.85. The van der Waals surface area contributed by atoms with Gasteiger partial charge in [-0.3, -0.25) is 0 Å². The number of aryl methyl sites for hydroxylation is 1. The molecule has 0 aliphatic carbocycles. The van der Waals surface area contributed by atoms with E-state index in [0.717, 1.165) is 11.4 Å². The summed E-state index contributed by atoms with van der Waals surface area (Å²) >= 11 is 6.84. The molecule has 0 spiro atoms. The summed E-state index contributed by atoms with van der Waals surface area (Å²) in [6, 6.07) is 4.00. The Morgan fingerprint density at radius 1 is 1.56 bits per heavy atom. The van der Waals surface area contributed by atoms with E-state index in [9.17, 15) is 8.42 Å². The van der Waals surface area contributed by atoms with E-state index in [2.05, 4.69) is 23.6 Å². The zero-order chi connectivity index (χ0) is 13.2. The second kappa shape index (κ2) is 5.54. The molecule has 100 valence electrons. The third kappa shape index (κ3) is 3.66. The predicted molar refractivity (Wildman–Crippen MR) is 80.1 cm³/mol. The summed E-state index contributed by atoms with van der Waals surface area (Å²) in [7, 11) is -2.86. The van der Waals surface area contributed by atoms with E-state index in [4.69, 9.17) is 12.2 Å². The van der Waals surface area contributed by atoms with Crippen LogP contribution in [0.4, 0.5) is 5.00 Å². The van der Waals surface area contributed by atoms with Crippen LogP contribution in [0.15, 0.2) is 12.1 Å². The van der Waals surface area contributed by atoms with Crippen LogP contribution in [0.25, 0.3) is 0 Å². The second-order valence-electron chi connectivity index (χ2n) is 4.32. The van der Waals surface area contributed by atoms with Gasteiger partial charge in [-0.15, -0.1) is 11.3 Å². The SMILES string of the molecule is CCc1ccc(NC(=S)N[C@@H]2CCS(=O)(=O)C2)s1. The summed E-state index contributed by atoms with van der Waals surface area (Å²) in [5.41, 5.74) is 0. The summed E-state index contributed by atoms with van der Waals surface area (Å²) in [6.07, 6.45) is 1.64. The summed E-state index contributed by atoms with van der Waals surface area (Å²) in [5, 5.41) is 7.65. The van der Waals surface area contributed by atoms with Gasteiger partial charge in [0.05, 0.1) is 16.5 Å². The van der Waals surface area contributed by atoms with E-state index in [1.54, 1.807) is 11.3 Å². The first-order chi connectivity index (χ1) is 8.48. The lowest BCUT2D eigenvalue weighted by Crippen LogP contribution is -2.38. The van der Waals surface area contributed by atoms with Gasteiger partial charge in [0.15, 0.2) is 14.9 Å². The molecular weight excluding hydrogens is 288 g/mol. The molecule has 1 aliphatic rings. The van der Waals surface area contributed by atoms with Gasteiger partial charge in [-0.25, -0.2) is 8.42 Å². The predicted octanol–water partition coefficient (Wildman–Crippen LogP) is 1.78. The van der Waals surface area contributed by atoms with E-state index in [-0.39, 0.29) is 17.5 Å². The normalized spacial score (nSPS) is 21.7. The van der Waals surface area contributed by atoms with Gasteiger partial charge in [-0.05, 0) is 37.2 Å². The Kier molecular flexibility index (Phi) is 4.24. The molecule has 1 aliphatic heterocycles. The van der Waals surface area contributed by atoms with Crippen LogP contribution in [0.3, 0.4) is 0 Å². The highest BCUT2D eigenvalue weighted by molar-refractivity contribution is 7.91. The van der Waals surface area contributed by atoms with Crippen molar-refractivity contribution in [2.24, 2.45) is 0 Å². The highest BCUT2D eigenvalue weighted by Gasteiger charge is 2.28. The quantitative estimate of drug-likeness (QED) is 0.834. The maximum Gasteiger partial charge on any atom is 0.171 e. The number of thiocarbonyl (C=S) groups is 1. The van der Waals surface area contributed by atoms with Crippen molar-refractivity contribution >= 4 is 43.5 Å². The molecule has 18 heavy (non-hydrogen) atoms. The maximum atomic E-state index is 11.3. The highest BCUT2D eigenvalue weighted by Crippen LogP contribution is 2.22. The van der Waals surface area contributed by atoms with Gasteiger partial charge in [-0.1, -0.05) is 6.92 Å². The minimum Gasteiger partial charge on any atom is -0.359 e. The van der Waals surface area contributed by atoms with Gasteiger partial charge in [0, 0.05) is 10.9 Å². The zero-order valence-electron chi connectivity index (χ0n) is 10.1. The molecule has 2 heterocycles. The molecule has 0 unspecified atom stereocenters. The highest BCUT2D eigenvalue weighted by atomic mass is 32.2. The van der Waals surface area contributed by atoms with Crippen molar-refractivity contribution in [3.05, 3.63) is 17.0 Å². The van der Waals surface area contributed by atoms with E-state index in [1.807, 2.05) is 6.07 Å². The Bertz CT molecular complexity index is 536. The molecule has 0 bridgehead atoms. The van der Waals surface area contributed by atoms with E-state index < -0.39 is 9.84 Å². The molecule has 1 aromatic heterocycles. The van der Waals surface area contributed by atoms with Crippen molar-refractivity contribution in [3.8, 4) is 0 Å². The molecule has 0 aromatic carbocycles. The summed E-state index contributed by atoms with van der Waals surface area (Å²) in [4.78, 5) is 1.30. The molecule has 1 atom stereocenters. The van der Waals surface area contributed by atoms with Crippen LogP contribution in [0.1, 0.15) is 18.2 Å². The van der Waals surface area contributed by atoms with Crippen LogP contribution in [0, 0.1) is 0 Å². The van der Waals surface area contributed by atoms with E-state index in [0.29, 0.717) is 11.5 Å². The Morgan fingerprint density at radius 3 is 2.89 bits per heavy atom. The molecule has 2 rings (SSSR count). The number of hydrogen-bond donors (Lipinski definition) is 2. The van der Waals surface area contributed by atoms with Crippen LogP contribution in [-0.2, 0) is 16.3 Å². The lowest BCUT2D eigenvalue weighted by molar-refractivity contribution is 0.600. The molecule has 0 saturated carbocycles. The van der Waals surface area contributed by atoms with Crippen molar-refractivity contribution in [3.63, 3.8) is 0 Å².